The minimum absolute atomic E-state index is 0. The van der Waals surface area contributed by atoms with Crippen molar-refractivity contribution >= 4 is 35.8 Å². The van der Waals surface area contributed by atoms with Gasteiger partial charge in [0.05, 0.1) is 0 Å². The van der Waals surface area contributed by atoms with Crippen LogP contribution in [-0.4, -0.2) is 34.2 Å². The molecule has 0 aromatic carbocycles. The zero-order chi connectivity index (χ0) is 7.02. The summed E-state index contributed by atoms with van der Waals surface area (Å²) in [6, 6.07) is 0. The fourth-order valence-electron chi connectivity index (χ4n) is 0.556. The Balaban J connectivity index is 0.000000810. The third-order valence-electron chi connectivity index (χ3n) is 1.08. The molecule has 0 radical (unpaired) electrons. The van der Waals surface area contributed by atoms with Gasteiger partial charge in [0, 0.05) is 0 Å². The maximum absolute atomic E-state index is 10.3. The molecule has 1 saturated heterocycles. The van der Waals surface area contributed by atoms with Crippen LogP contribution in [0.5, 0.6) is 0 Å². The Kier molecular flexibility index (Phi) is 3.19. The molecule has 0 saturated carbocycles. The molecule has 2 unspecified atom stereocenters. The van der Waals surface area contributed by atoms with Crippen molar-refractivity contribution in [1.29, 1.82) is 0 Å². The van der Waals surface area contributed by atoms with Crippen molar-refractivity contribution < 1.29 is 19.8 Å². The van der Waals surface area contributed by atoms with Crippen molar-refractivity contribution in [3.05, 3.63) is 0 Å². The molecule has 10 heavy (non-hydrogen) atoms. The van der Waals surface area contributed by atoms with E-state index in [1.54, 1.807) is 5.32 Å². The molecule has 0 spiro atoms. The zero-order valence-electron chi connectivity index (χ0n) is 4.77. The van der Waals surface area contributed by atoms with E-state index in [0.29, 0.717) is 0 Å². The molecule has 0 aromatic rings. The maximum Gasteiger partial charge on any atom is 0.258 e. The fourth-order valence-corrected chi connectivity index (χ4v) is 0.556. The van der Waals surface area contributed by atoms with E-state index in [0.717, 1.165) is 0 Å². The minimum atomic E-state index is -1.59. The van der Waals surface area contributed by atoms with Crippen LogP contribution in [0.2, 0.25) is 0 Å². The Morgan fingerprint density at radius 2 is 1.40 bits per heavy atom. The van der Waals surface area contributed by atoms with Gasteiger partial charge >= 0.3 is 0 Å². The van der Waals surface area contributed by atoms with E-state index in [1.165, 1.54) is 0 Å². The lowest BCUT2D eigenvalue weighted by Gasteiger charge is -1.97. The Morgan fingerprint density at radius 1 is 1.10 bits per heavy atom. The average Bonchev–Trinajstić information content (AvgIpc) is 1.98. The van der Waals surface area contributed by atoms with Crippen LogP contribution in [0.1, 0.15) is 0 Å². The number of halogens is 1. The number of carbonyl (C=O) groups is 2. The largest absolute Gasteiger partial charge is 0.380 e. The minimum Gasteiger partial charge on any atom is -0.380 e. The lowest BCUT2D eigenvalue weighted by molar-refractivity contribution is -0.129. The highest BCUT2D eigenvalue weighted by Crippen LogP contribution is 2.00. The summed E-state index contributed by atoms with van der Waals surface area (Å²) in [7, 11) is 0. The lowest BCUT2D eigenvalue weighted by Crippen LogP contribution is -2.27. The number of nitrogens with one attached hydrogen (secondary N) is 1. The summed E-state index contributed by atoms with van der Waals surface area (Å²) in [5.41, 5.74) is 0. The molecule has 1 rings (SSSR count). The summed E-state index contributed by atoms with van der Waals surface area (Å²) in [4.78, 5) is 20.5. The van der Waals surface area contributed by atoms with Crippen LogP contribution < -0.4 is 5.32 Å². The predicted octanol–water partition coefficient (Wildman–Crippen LogP) is -2.02. The van der Waals surface area contributed by atoms with Gasteiger partial charge in [0.15, 0.2) is 12.2 Å². The number of hydrogen-bond acceptors (Lipinski definition) is 4. The first kappa shape index (κ1) is 9.79. The summed E-state index contributed by atoms with van der Waals surface area (Å²) >= 11 is 0. The van der Waals surface area contributed by atoms with Crippen LogP contribution in [0.15, 0.2) is 0 Å². The van der Waals surface area contributed by atoms with Gasteiger partial charge in [0.1, 0.15) is 0 Å². The fraction of sp³-hybridized carbons (Fsp3) is 0.500. The first-order chi connectivity index (χ1) is 4.13. The molecule has 58 valence electrons. The molecule has 3 N–H and O–H groups in total. The van der Waals surface area contributed by atoms with Gasteiger partial charge in [-0.1, -0.05) is 0 Å². The smallest absolute Gasteiger partial charge is 0.258 e. The molecule has 1 fully saturated rings. The van der Waals surface area contributed by atoms with Crippen molar-refractivity contribution in [2.75, 3.05) is 0 Å². The number of aliphatic hydroxyl groups is 2. The third kappa shape index (κ3) is 1.44. The van der Waals surface area contributed by atoms with Crippen LogP contribution >= 0.6 is 24.0 Å². The molecule has 0 bridgehead atoms. The second-order valence-corrected chi connectivity index (χ2v) is 1.74. The highest BCUT2D eigenvalue weighted by molar-refractivity contribution is 14.0. The van der Waals surface area contributed by atoms with Gasteiger partial charge in [-0.05, 0) is 0 Å². The van der Waals surface area contributed by atoms with Crippen LogP contribution in [-0.2, 0) is 9.59 Å². The van der Waals surface area contributed by atoms with Gasteiger partial charge in [0.2, 0.25) is 0 Å². The average molecular weight is 259 g/mol. The topological polar surface area (TPSA) is 86.6 Å². The standard InChI is InChI=1S/C4H5NO4.HI/c6-1-2(7)4(9)5-3(1)8;/h1-2,6-7H,(H,5,8,9);1H. The number of hydrogen-bond donors (Lipinski definition) is 3. The molecule has 1 aliphatic rings. The van der Waals surface area contributed by atoms with Gasteiger partial charge < -0.3 is 10.2 Å². The van der Waals surface area contributed by atoms with Gasteiger partial charge in [-0.2, -0.15) is 0 Å². The second kappa shape index (κ2) is 3.26. The molecule has 6 heteroatoms. The zero-order valence-corrected chi connectivity index (χ0v) is 7.10. The first-order valence-corrected chi connectivity index (χ1v) is 2.34. The van der Waals surface area contributed by atoms with Gasteiger partial charge in [-0.25, -0.2) is 0 Å². The summed E-state index contributed by atoms with van der Waals surface area (Å²) in [5.74, 6) is -1.68. The first-order valence-electron chi connectivity index (χ1n) is 2.34. The van der Waals surface area contributed by atoms with E-state index in [4.69, 9.17) is 10.2 Å². The van der Waals surface area contributed by atoms with E-state index in [-0.39, 0.29) is 24.0 Å². The number of amides is 2. The predicted molar refractivity (Wildman–Crippen MR) is 40.6 cm³/mol. The van der Waals surface area contributed by atoms with E-state index in [2.05, 4.69) is 0 Å². The number of rotatable bonds is 0. The van der Waals surface area contributed by atoms with E-state index in [9.17, 15) is 9.59 Å². The monoisotopic (exact) mass is 259 g/mol. The van der Waals surface area contributed by atoms with Gasteiger partial charge in [0.25, 0.3) is 11.8 Å². The van der Waals surface area contributed by atoms with Crippen LogP contribution in [0.25, 0.3) is 0 Å². The summed E-state index contributed by atoms with van der Waals surface area (Å²) in [6.45, 7) is 0. The summed E-state index contributed by atoms with van der Waals surface area (Å²) < 4.78 is 0. The van der Waals surface area contributed by atoms with Crippen molar-refractivity contribution in [2.24, 2.45) is 0 Å². The van der Waals surface area contributed by atoms with Crippen molar-refractivity contribution in [3.8, 4) is 0 Å². The maximum atomic E-state index is 10.3. The molecule has 0 aliphatic carbocycles. The Labute approximate surface area is 73.4 Å². The molecule has 5 nitrogen and oxygen atoms in total. The molecule has 0 aromatic heterocycles. The van der Waals surface area contributed by atoms with Gasteiger partial charge in [-0.3, -0.25) is 14.9 Å². The summed E-state index contributed by atoms with van der Waals surface area (Å²) in [6.07, 6.45) is -3.17. The van der Waals surface area contributed by atoms with Crippen LogP contribution in [0.4, 0.5) is 0 Å². The van der Waals surface area contributed by atoms with Gasteiger partial charge in [-0.15, -0.1) is 24.0 Å². The molecular formula is C4H6INO4. The van der Waals surface area contributed by atoms with E-state index < -0.39 is 24.0 Å². The number of carbonyl (C=O) groups excluding carboxylic acids is 2. The molecule has 2 amide bonds. The molecular weight excluding hydrogens is 253 g/mol. The van der Waals surface area contributed by atoms with Crippen molar-refractivity contribution in [1.82, 2.24) is 5.32 Å². The Bertz CT molecular complexity index is 153. The van der Waals surface area contributed by atoms with Crippen LogP contribution in [0, 0.1) is 0 Å². The van der Waals surface area contributed by atoms with Crippen LogP contribution in [0.3, 0.4) is 0 Å². The Morgan fingerprint density at radius 3 is 1.50 bits per heavy atom. The Hall–Kier alpha value is -0.210. The second-order valence-electron chi connectivity index (χ2n) is 1.74. The third-order valence-corrected chi connectivity index (χ3v) is 1.08. The van der Waals surface area contributed by atoms with E-state index in [1.807, 2.05) is 0 Å². The molecule has 1 aliphatic heterocycles. The van der Waals surface area contributed by atoms with Crippen molar-refractivity contribution in [2.45, 2.75) is 12.2 Å². The normalized spacial score (nSPS) is 31.4. The molecule has 2 atom stereocenters. The SMILES string of the molecule is I.O=C1NC(=O)C(O)C1O. The highest BCUT2D eigenvalue weighted by Gasteiger charge is 2.38. The highest BCUT2D eigenvalue weighted by atomic mass is 127. The lowest BCUT2D eigenvalue weighted by atomic mass is 10.2. The van der Waals surface area contributed by atoms with Crippen molar-refractivity contribution in [3.63, 3.8) is 0 Å². The molecule has 1 heterocycles. The van der Waals surface area contributed by atoms with E-state index >= 15 is 0 Å². The quantitative estimate of drug-likeness (QED) is 0.346. The number of aliphatic hydroxyl groups excluding tert-OH is 2. The number of imide groups is 1. The summed E-state index contributed by atoms with van der Waals surface area (Å²) in [5, 5.41) is 18.8.